The van der Waals surface area contributed by atoms with Gasteiger partial charge in [0.1, 0.15) is 30.5 Å². The number of hydrogen-bond donors (Lipinski definition) is 5. The van der Waals surface area contributed by atoms with Crippen molar-refractivity contribution in [2.45, 2.75) is 77.8 Å². The third-order valence-electron chi connectivity index (χ3n) is 12.6. The van der Waals surface area contributed by atoms with Gasteiger partial charge in [-0.1, -0.05) is 19.9 Å². The van der Waals surface area contributed by atoms with Gasteiger partial charge in [-0.2, -0.15) is 4.98 Å². The first-order chi connectivity index (χ1) is 32.8. The summed E-state index contributed by atoms with van der Waals surface area (Å²) < 4.78 is 33.2. The van der Waals surface area contributed by atoms with E-state index in [0.717, 1.165) is 90.7 Å². The Balaban J connectivity index is 0.872. The summed E-state index contributed by atoms with van der Waals surface area (Å²) in [5.41, 5.74) is 7.29. The topological polar surface area (TPSA) is 207 Å². The predicted molar refractivity (Wildman–Crippen MR) is 272 cm³/mol. The third kappa shape index (κ3) is 10.7. The number of rotatable bonds is 19. The van der Waals surface area contributed by atoms with Crippen LogP contribution in [-0.4, -0.2) is 97.1 Å². The van der Waals surface area contributed by atoms with Gasteiger partial charge in [0, 0.05) is 84.6 Å². The number of hydrogen-bond acceptors (Lipinski definition) is 15. The van der Waals surface area contributed by atoms with Crippen LogP contribution >= 0.6 is 23.1 Å². The number of aromatic nitrogens is 4. The van der Waals surface area contributed by atoms with E-state index in [0.29, 0.717) is 70.1 Å². The Morgan fingerprint density at radius 2 is 1.72 bits per heavy atom. The van der Waals surface area contributed by atoms with E-state index in [-0.39, 0.29) is 18.7 Å². The molecular weight excluding hydrogens is 951 g/mol. The second-order valence-corrected chi connectivity index (χ2v) is 21.5. The predicted octanol–water partition coefficient (Wildman–Crippen LogP) is 7.33. The summed E-state index contributed by atoms with van der Waals surface area (Å²) >= 11 is 3.63. The van der Waals surface area contributed by atoms with Crippen molar-refractivity contribution in [2.24, 2.45) is 0 Å². The summed E-state index contributed by atoms with van der Waals surface area (Å²) in [5, 5.41) is 18.0. The van der Waals surface area contributed by atoms with Crippen molar-refractivity contribution in [2.75, 3.05) is 75.3 Å². The average molecular weight is 1010 g/mol. The summed E-state index contributed by atoms with van der Waals surface area (Å²) in [5.74, 6) is 0.675. The lowest BCUT2D eigenvalue weighted by molar-refractivity contribution is -0.135. The molecule has 2 aliphatic rings. The maximum absolute atomic E-state index is 13.7. The Bertz CT molecular complexity index is 2950. The molecule has 1 unspecified atom stereocenters. The molecule has 0 spiro atoms. The first kappa shape index (κ1) is 48.6. The summed E-state index contributed by atoms with van der Waals surface area (Å²) in [4.78, 5) is 54.1. The summed E-state index contributed by atoms with van der Waals surface area (Å²) in [6, 6.07) is 15.2. The molecule has 8 rings (SSSR count). The van der Waals surface area contributed by atoms with E-state index in [1.165, 1.54) is 10.1 Å². The van der Waals surface area contributed by atoms with Gasteiger partial charge in [0.25, 0.3) is 0 Å². The molecule has 2 fully saturated rings. The van der Waals surface area contributed by atoms with Crippen LogP contribution in [0.1, 0.15) is 69.3 Å². The maximum atomic E-state index is 13.7. The van der Waals surface area contributed by atoms with E-state index in [2.05, 4.69) is 78.4 Å². The Morgan fingerprint density at radius 1 is 0.912 bits per heavy atom. The van der Waals surface area contributed by atoms with Gasteiger partial charge in [-0.3, -0.25) is 24.5 Å². The van der Waals surface area contributed by atoms with Crippen LogP contribution in [0.3, 0.4) is 0 Å². The van der Waals surface area contributed by atoms with E-state index < -0.39 is 24.8 Å². The zero-order chi connectivity index (χ0) is 48.1. The highest BCUT2D eigenvalue weighted by atomic mass is 79.9. The molecule has 3 aromatic heterocycles. The van der Waals surface area contributed by atoms with Gasteiger partial charge in [-0.05, 0) is 117 Å². The minimum Gasteiger partial charge on any atom is -0.497 e. The normalized spacial score (nSPS) is 15.8. The zero-order valence-electron chi connectivity index (χ0n) is 39.5. The van der Waals surface area contributed by atoms with Crippen molar-refractivity contribution >= 4 is 91.0 Å². The number of benzene rings is 3. The highest BCUT2D eigenvalue weighted by Crippen LogP contribution is 2.42. The van der Waals surface area contributed by atoms with E-state index in [1.807, 2.05) is 37.3 Å². The van der Waals surface area contributed by atoms with Crippen molar-refractivity contribution in [3.05, 3.63) is 86.6 Å². The number of methoxy groups -OCH3 is 1. The maximum Gasteiger partial charge on any atom is 0.420 e. The van der Waals surface area contributed by atoms with Gasteiger partial charge in [0.05, 0.1) is 40.6 Å². The Morgan fingerprint density at radius 3 is 2.44 bits per heavy atom. The molecule has 5 N–H and O–H groups in total. The number of nitrogens with one attached hydrogen (secondary N) is 5. The minimum atomic E-state index is -2.75. The second-order valence-electron chi connectivity index (χ2n) is 17.5. The fraction of sp³-hybridized carbons (Fsp3) is 0.429. The number of anilines is 5. The molecule has 2 aliphatic heterocycles. The number of piperidine rings is 2. The number of fused-ring (bicyclic) bond motifs is 2. The van der Waals surface area contributed by atoms with Gasteiger partial charge >= 0.3 is 5.76 Å². The van der Waals surface area contributed by atoms with Gasteiger partial charge in [-0.15, -0.1) is 0 Å². The average Bonchev–Trinajstić information content (AvgIpc) is 3.66. The van der Waals surface area contributed by atoms with Crippen LogP contribution < -0.4 is 52.0 Å². The van der Waals surface area contributed by atoms with Crippen LogP contribution in [0.15, 0.2) is 68.4 Å². The van der Waals surface area contributed by atoms with Gasteiger partial charge < -0.3 is 44.6 Å². The first-order valence-electron chi connectivity index (χ1n) is 23.4. The lowest BCUT2D eigenvalue weighted by atomic mass is 10.0. The van der Waals surface area contributed by atoms with E-state index in [4.69, 9.17) is 23.9 Å². The van der Waals surface area contributed by atoms with Crippen LogP contribution in [0.25, 0.3) is 22.0 Å². The number of imide groups is 1. The Kier molecular flexibility index (Phi) is 15.2. The Hall–Kier alpha value is -5.81. The quantitative estimate of drug-likeness (QED) is 0.0306. The number of aryl methyl sites for hydroxylation is 2. The van der Waals surface area contributed by atoms with Gasteiger partial charge in [-0.25, -0.2) is 9.78 Å². The highest BCUT2D eigenvalue weighted by Gasteiger charge is 2.32. The number of ether oxygens (including phenoxy) is 2. The standard InChI is InChI=1S/C49H60BrN10O7P/c1-7-29-25-38(56-48-53-28-35(50)46(58-48)55-37-13-12-36-34(45(37)68(5,6)64)11-10-31(8-2)54-36)42(66-9-3)27-40(29)59-22-17-32(18-23-59)52-21-20-51-19-16-30-24-33(65-4)26-41-44(30)67-49(63)60(41)39-14-15-43(61)57-47(39)62/h10-13,24-28,32,39,51-52H,7-9,14-23H2,1-6H3,(H,57,61,62)(H2,53,55,56,58). The van der Waals surface area contributed by atoms with Crippen LogP contribution in [0, 0.1) is 0 Å². The first-order valence-corrected chi connectivity index (χ1v) is 26.8. The van der Waals surface area contributed by atoms with E-state index in [1.54, 1.807) is 32.7 Å². The van der Waals surface area contributed by atoms with Crippen molar-refractivity contribution in [1.29, 1.82) is 0 Å². The molecule has 17 nitrogen and oxygen atoms in total. The zero-order valence-corrected chi connectivity index (χ0v) is 41.9. The summed E-state index contributed by atoms with van der Waals surface area (Å²) in [6.45, 7) is 14.2. The second kappa shape index (κ2) is 21.2. The molecule has 2 saturated heterocycles. The molecule has 1 atom stereocenters. The number of nitrogens with zero attached hydrogens (tertiary/aromatic N) is 5. The number of carbonyl (C=O) groups excluding carboxylic acids is 2. The molecular formula is C49H60BrN10O7P. The van der Waals surface area contributed by atoms with Crippen LogP contribution in [0.2, 0.25) is 0 Å². The van der Waals surface area contributed by atoms with Gasteiger partial charge in [0.15, 0.2) is 5.58 Å². The molecule has 6 aromatic rings. The summed E-state index contributed by atoms with van der Waals surface area (Å²) in [6.07, 6.45) is 6.26. The molecule has 0 aliphatic carbocycles. The van der Waals surface area contributed by atoms with Gasteiger partial charge in [0.2, 0.25) is 17.8 Å². The minimum absolute atomic E-state index is 0.149. The molecule has 2 amide bonds. The monoisotopic (exact) mass is 1010 g/mol. The van der Waals surface area contributed by atoms with E-state index in [9.17, 15) is 18.9 Å². The molecule has 0 bridgehead atoms. The summed E-state index contributed by atoms with van der Waals surface area (Å²) in [7, 11) is -1.19. The molecule has 3 aromatic carbocycles. The lowest BCUT2D eigenvalue weighted by Gasteiger charge is -2.35. The van der Waals surface area contributed by atoms with Crippen molar-refractivity contribution in [1.82, 2.24) is 35.5 Å². The highest BCUT2D eigenvalue weighted by molar-refractivity contribution is 9.10. The number of amides is 2. The van der Waals surface area contributed by atoms with Crippen LogP contribution in [0.5, 0.6) is 11.5 Å². The molecule has 5 heterocycles. The molecule has 68 heavy (non-hydrogen) atoms. The third-order valence-corrected chi connectivity index (χ3v) is 14.7. The van der Waals surface area contributed by atoms with Crippen molar-refractivity contribution in [3.63, 3.8) is 0 Å². The fourth-order valence-electron chi connectivity index (χ4n) is 9.18. The van der Waals surface area contributed by atoms with Crippen LogP contribution in [0.4, 0.5) is 28.8 Å². The number of halogens is 1. The Labute approximate surface area is 404 Å². The number of carbonyl (C=O) groups is 2. The molecule has 0 saturated carbocycles. The van der Waals surface area contributed by atoms with Crippen LogP contribution in [-0.2, 0) is 33.4 Å². The smallest absolute Gasteiger partial charge is 0.420 e. The van der Waals surface area contributed by atoms with E-state index >= 15 is 0 Å². The van der Waals surface area contributed by atoms with Crippen molar-refractivity contribution < 1.29 is 28.0 Å². The number of pyridine rings is 1. The fourth-order valence-corrected chi connectivity index (χ4v) is 10.9. The van der Waals surface area contributed by atoms with Crippen molar-refractivity contribution in [3.8, 4) is 11.5 Å². The SMILES string of the molecule is CCOc1cc(N2CCC(NCCNCCc3cc(OC)cc4c3oc(=O)n4C3CCC(=O)NC3=O)CC2)c(CC)cc1Nc1ncc(Br)c(Nc2ccc3nc(CC)ccc3c2P(C)(C)=O)n1. The molecule has 360 valence electrons. The largest absolute Gasteiger partial charge is 0.497 e. The lowest BCUT2D eigenvalue weighted by Crippen LogP contribution is -2.44. The number of oxazole rings is 1. The molecule has 19 heteroatoms. The molecule has 0 radical (unpaired) electrons.